The maximum absolute atomic E-state index is 12.9. The minimum atomic E-state index is -0.560. The number of rotatable bonds is 6. The first-order chi connectivity index (χ1) is 12.2. The molecule has 130 valence electrons. The summed E-state index contributed by atoms with van der Waals surface area (Å²) in [4.78, 5) is 26.6. The van der Waals surface area contributed by atoms with Gasteiger partial charge in [-0.25, -0.2) is 4.90 Å². The molecule has 0 aromatic heterocycles. The summed E-state index contributed by atoms with van der Waals surface area (Å²) in [6, 6.07) is 14.4. The number of hydrogen-bond donors (Lipinski definition) is 1. The van der Waals surface area contributed by atoms with Crippen molar-refractivity contribution in [3.8, 4) is 5.75 Å². The van der Waals surface area contributed by atoms with E-state index in [4.69, 9.17) is 4.74 Å². The predicted octanol–water partition coefficient (Wildman–Crippen LogP) is 3.39. The Hall–Kier alpha value is -2.82. The summed E-state index contributed by atoms with van der Waals surface area (Å²) in [5, 5.41) is 3.24. The maximum atomic E-state index is 12.9. The molecule has 5 nitrogen and oxygen atoms in total. The van der Waals surface area contributed by atoms with Crippen LogP contribution in [-0.4, -0.2) is 24.5 Å². The number of carbonyl (C=O) groups excluding carboxylic acids is 2. The highest BCUT2D eigenvalue weighted by Gasteiger charge is 2.40. The van der Waals surface area contributed by atoms with E-state index in [2.05, 4.69) is 12.2 Å². The Morgan fingerprint density at radius 1 is 1.08 bits per heavy atom. The molecule has 1 aliphatic heterocycles. The highest BCUT2D eigenvalue weighted by atomic mass is 16.5. The van der Waals surface area contributed by atoms with E-state index in [1.807, 2.05) is 37.3 Å². The van der Waals surface area contributed by atoms with Gasteiger partial charge < -0.3 is 10.1 Å². The van der Waals surface area contributed by atoms with Crippen molar-refractivity contribution in [2.45, 2.75) is 32.7 Å². The monoisotopic (exact) mass is 338 g/mol. The topological polar surface area (TPSA) is 58.6 Å². The number of hydrogen-bond acceptors (Lipinski definition) is 4. The Morgan fingerprint density at radius 2 is 1.80 bits per heavy atom. The normalized spacial score (nSPS) is 17.0. The van der Waals surface area contributed by atoms with E-state index >= 15 is 0 Å². The highest BCUT2D eigenvalue weighted by Crippen LogP contribution is 2.33. The first kappa shape index (κ1) is 17.0. The van der Waals surface area contributed by atoms with Crippen molar-refractivity contribution < 1.29 is 14.3 Å². The molecule has 0 bridgehead atoms. The van der Waals surface area contributed by atoms with Crippen molar-refractivity contribution in [3.05, 3.63) is 54.1 Å². The van der Waals surface area contributed by atoms with Crippen LogP contribution in [0.3, 0.4) is 0 Å². The predicted molar refractivity (Wildman–Crippen MR) is 98.0 cm³/mol. The molecule has 3 rings (SSSR count). The number of nitrogens with zero attached hydrogens (tertiary/aromatic N) is 1. The molecule has 1 atom stereocenters. The van der Waals surface area contributed by atoms with Crippen molar-refractivity contribution in [2.24, 2.45) is 0 Å². The molecule has 0 aliphatic carbocycles. The van der Waals surface area contributed by atoms with Gasteiger partial charge >= 0.3 is 0 Å². The molecular formula is C20H22N2O3. The molecule has 1 saturated heterocycles. The third-order valence-corrected chi connectivity index (χ3v) is 4.28. The van der Waals surface area contributed by atoms with Crippen LogP contribution in [0.25, 0.3) is 0 Å². The van der Waals surface area contributed by atoms with Crippen molar-refractivity contribution >= 4 is 23.2 Å². The second-order valence-electron chi connectivity index (χ2n) is 5.88. The second-order valence-corrected chi connectivity index (χ2v) is 5.88. The molecule has 1 fully saturated rings. The summed E-state index contributed by atoms with van der Waals surface area (Å²) in [5.74, 6) is 0.0769. The molecule has 2 aromatic carbocycles. The van der Waals surface area contributed by atoms with Crippen LogP contribution in [0.2, 0.25) is 0 Å². The molecule has 0 saturated carbocycles. The number of nitrogens with one attached hydrogen (secondary N) is 1. The summed E-state index contributed by atoms with van der Waals surface area (Å²) in [5.41, 5.74) is 2.53. The quantitative estimate of drug-likeness (QED) is 0.820. The Labute approximate surface area is 147 Å². The van der Waals surface area contributed by atoms with Crippen LogP contribution in [0.15, 0.2) is 48.5 Å². The standard InChI is InChI=1S/C20H22N2O3/c1-3-14-9-5-6-10-15(14)21-16-13-19(23)22(20(16)24)17-11-7-8-12-18(17)25-4-2/h5-12,16,21H,3-4,13H2,1-2H3/t16-/m0/s1. The van der Waals surface area contributed by atoms with Crippen LogP contribution in [0, 0.1) is 0 Å². The van der Waals surface area contributed by atoms with Gasteiger partial charge in [-0.15, -0.1) is 0 Å². The van der Waals surface area contributed by atoms with Crippen LogP contribution < -0.4 is 15.0 Å². The van der Waals surface area contributed by atoms with Crippen LogP contribution in [0.4, 0.5) is 11.4 Å². The molecule has 1 N–H and O–H groups in total. The zero-order valence-electron chi connectivity index (χ0n) is 14.5. The lowest BCUT2D eigenvalue weighted by Gasteiger charge is -2.19. The third kappa shape index (κ3) is 3.36. The number of aryl methyl sites for hydroxylation is 1. The Kier molecular flexibility index (Phi) is 5.03. The maximum Gasteiger partial charge on any atom is 0.256 e. The third-order valence-electron chi connectivity index (χ3n) is 4.28. The molecule has 2 amide bonds. The molecule has 0 radical (unpaired) electrons. The number of anilines is 2. The molecule has 0 unspecified atom stereocenters. The van der Waals surface area contributed by atoms with Gasteiger partial charge in [-0.2, -0.15) is 0 Å². The fourth-order valence-corrected chi connectivity index (χ4v) is 3.07. The molecular weight excluding hydrogens is 316 g/mol. The molecule has 0 spiro atoms. The van der Waals surface area contributed by atoms with Gasteiger partial charge in [0.1, 0.15) is 11.8 Å². The SMILES string of the molecule is CCOc1ccccc1N1C(=O)C[C@H](Nc2ccccc2CC)C1=O. The summed E-state index contributed by atoms with van der Waals surface area (Å²) in [6.45, 7) is 4.40. The van der Waals surface area contributed by atoms with E-state index in [-0.39, 0.29) is 18.2 Å². The molecule has 2 aromatic rings. The minimum absolute atomic E-state index is 0.136. The molecule has 25 heavy (non-hydrogen) atoms. The van der Waals surface area contributed by atoms with Crippen molar-refractivity contribution in [3.63, 3.8) is 0 Å². The van der Waals surface area contributed by atoms with Gasteiger partial charge in [0.15, 0.2) is 0 Å². The first-order valence-corrected chi connectivity index (χ1v) is 8.58. The van der Waals surface area contributed by atoms with Gasteiger partial charge in [0.05, 0.1) is 18.7 Å². The van der Waals surface area contributed by atoms with E-state index < -0.39 is 6.04 Å². The summed E-state index contributed by atoms with van der Waals surface area (Å²) >= 11 is 0. The van der Waals surface area contributed by atoms with Crippen molar-refractivity contribution in [1.29, 1.82) is 0 Å². The van der Waals surface area contributed by atoms with Gasteiger partial charge in [-0.3, -0.25) is 9.59 Å². The van der Waals surface area contributed by atoms with E-state index in [1.165, 1.54) is 4.90 Å². The minimum Gasteiger partial charge on any atom is -0.492 e. The van der Waals surface area contributed by atoms with Gasteiger partial charge in [-0.1, -0.05) is 37.3 Å². The number of amides is 2. The average Bonchev–Trinajstić information content (AvgIpc) is 2.90. The van der Waals surface area contributed by atoms with Crippen LogP contribution in [-0.2, 0) is 16.0 Å². The summed E-state index contributed by atoms with van der Waals surface area (Å²) in [6.07, 6.45) is 0.992. The van der Waals surface area contributed by atoms with E-state index in [0.717, 1.165) is 17.7 Å². The number of carbonyl (C=O) groups is 2. The van der Waals surface area contributed by atoms with Gasteiger partial charge in [-0.05, 0) is 37.1 Å². The second kappa shape index (κ2) is 7.38. The van der Waals surface area contributed by atoms with Gasteiger partial charge in [0, 0.05) is 5.69 Å². The van der Waals surface area contributed by atoms with Crippen LogP contribution >= 0.6 is 0 Å². The first-order valence-electron chi connectivity index (χ1n) is 8.58. The van der Waals surface area contributed by atoms with Crippen molar-refractivity contribution in [2.75, 3.05) is 16.8 Å². The lowest BCUT2D eigenvalue weighted by molar-refractivity contribution is -0.121. The number of imide groups is 1. The molecule has 1 aliphatic rings. The van der Waals surface area contributed by atoms with Crippen LogP contribution in [0.5, 0.6) is 5.75 Å². The molecule has 5 heteroatoms. The van der Waals surface area contributed by atoms with E-state index in [0.29, 0.717) is 18.0 Å². The summed E-state index contributed by atoms with van der Waals surface area (Å²) < 4.78 is 5.57. The highest BCUT2D eigenvalue weighted by molar-refractivity contribution is 6.23. The average molecular weight is 338 g/mol. The smallest absolute Gasteiger partial charge is 0.256 e. The largest absolute Gasteiger partial charge is 0.492 e. The van der Waals surface area contributed by atoms with Crippen molar-refractivity contribution in [1.82, 2.24) is 0 Å². The fourth-order valence-electron chi connectivity index (χ4n) is 3.07. The van der Waals surface area contributed by atoms with Crippen LogP contribution in [0.1, 0.15) is 25.8 Å². The van der Waals surface area contributed by atoms with E-state index in [9.17, 15) is 9.59 Å². The lowest BCUT2D eigenvalue weighted by Crippen LogP contribution is -2.35. The fraction of sp³-hybridized carbons (Fsp3) is 0.300. The van der Waals surface area contributed by atoms with Gasteiger partial charge in [0.2, 0.25) is 5.91 Å². The number of para-hydroxylation sites is 3. The zero-order chi connectivity index (χ0) is 17.8. The Bertz CT molecular complexity index is 788. The summed E-state index contributed by atoms with van der Waals surface area (Å²) in [7, 11) is 0. The lowest BCUT2D eigenvalue weighted by atomic mass is 10.1. The molecule has 1 heterocycles. The van der Waals surface area contributed by atoms with Gasteiger partial charge in [0.25, 0.3) is 5.91 Å². The van der Waals surface area contributed by atoms with E-state index in [1.54, 1.807) is 18.2 Å². The number of ether oxygens (including phenoxy) is 1. The number of benzene rings is 2. The Balaban J connectivity index is 1.86. The zero-order valence-corrected chi connectivity index (χ0v) is 14.5. The Morgan fingerprint density at radius 3 is 2.56 bits per heavy atom.